The number of hydrogen-bond acceptors (Lipinski definition) is 2. The molecule has 2 nitrogen and oxygen atoms in total. The van der Waals surface area contributed by atoms with Crippen molar-refractivity contribution in [1.82, 2.24) is 4.98 Å². The summed E-state index contributed by atoms with van der Waals surface area (Å²) in [7, 11) is 0. The molecule has 1 heterocycles. The van der Waals surface area contributed by atoms with Crippen LogP contribution in [0.3, 0.4) is 0 Å². The first-order valence-electron chi connectivity index (χ1n) is 3.50. The second-order valence-corrected chi connectivity index (χ2v) is 3.59. The summed E-state index contributed by atoms with van der Waals surface area (Å²) < 4.78 is 0. The van der Waals surface area contributed by atoms with Crippen molar-refractivity contribution in [2.45, 2.75) is 12.3 Å². The minimum atomic E-state index is 0.245. The van der Waals surface area contributed by atoms with Crippen molar-refractivity contribution in [3.8, 4) is 5.75 Å². The minimum absolute atomic E-state index is 0.245. The Hall–Kier alpha value is -0.0900. The van der Waals surface area contributed by atoms with Gasteiger partial charge in [-0.3, -0.25) is 4.98 Å². The molecule has 0 aliphatic heterocycles. The number of alkyl halides is 2. The summed E-state index contributed by atoms with van der Waals surface area (Å²) >= 11 is 6.37. The predicted molar refractivity (Wildman–Crippen MR) is 58.0 cm³/mol. The van der Waals surface area contributed by atoms with Gasteiger partial charge in [0.1, 0.15) is 5.75 Å². The molecule has 0 saturated heterocycles. The van der Waals surface area contributed by atoms with Crippen LogP contribution in [0.5, 0.6) is 5.75 Å². The van der Waals surface area contributed by atoms with Crippen molar-refractivity contribution >= 4 is 31.9 Å². The van der Waals surface area contributed by atoms with Gasteiger partial charge in [0.2, 0.25) is 0 Å². The summed E-state index contributed by atoms with van der Waals surface area (Å²) in [5.41, 5.74) is 0.866. The number of aromatic nitrogens is 1. The maximum Gasteiger partial charge on any atom is 0.137 e. The second-order valence-electron chi connectivity index (χ2n) is 1.91. The molecular weight excluding hydrogens is 286 g/mol. The molecule has 1 N–H and O–H groups in total. The number of hydrogen-bond donors (Lipinski definition) is 1. The van der Waals surface area contributed by atoms with Crippen LogP contribution in [0.4, 0.5) is 0 Å². The fourth-order valence-corrected chi connectivity index (χ4v) is 1.00. The molecular formula is C8H11Br2NO. The van der Waals surface area contributed by atoms with Gasteiger partial charge in [-0.2, -0.15) is 0 Å². The minimum Gasteiger partial charge on any atom is -0.506 e. The molecule has 68 valence electrons. The maximum atomic E-state index is 9.02. The standard InChI is InChI=1S/C6H6BrNO.C2H5Br/c7-3-5-1-2-8-4-6(5)9;1-2-3/h1-2,4,9H,3H2;2H2,1H3. The van der Waals surface area contributed by atoms with E-state index in [1.165, 1.54) is 6.20 Å². The Morgan fingerprint density at radius 1 is 1.50 bits per heavy atom. The van der Waals surface area contributed by atoms with Gasteiger partial charge < -0.3 is 5.11 Å². The topological polar surface area (TPSA) is 33.1 Å². The molecule has 0 radical (unpaired) electrons. The summed E-state index contributed by atoms with van der Waals surface area (Å²) in [6, 6.07) is 1.77. The molecule has 0 spiro atoms. The van der Waals surface area contributed by atoms with Gasteiger partial charge >= 0.3 is 0 Å². The second kappa shape index (κ2) is 7.55. The predicted octanol–water partition coefficient (Wildman–Crippen LogP) is 3.08. The summed E-state index contributed by atoms with van der Waals surface area (Å²) in [6.07, 6.45) is 3.08. The van der Waals surface area contributed by atoms with E-state index in [0.717, 1.165) is 10.9 Å². The Labute approximate surface area is 89.3 Å². The van der Waals surface area contributed by atoms with Crippen molar-refractivity contribution in [2.24, 2.45) is 0 Å². The van der Waals surface area contributed by atoms with E-state index in [-0.39, 0.29) is 5.75 Å². The molecule has 0 saturated carbocycles. The van der Waals surface area contributed by atoms with E-state index in [4.69, 9.17) is 5.11 Å². The van der Waals surface area contributed by atoms with Crippen molar-refractivity contribution in [3.63, 3.8) is 0 Å². The zero-order valence-corrected chi connectivity index (χ0v) is 9.97. The molecule has 0 fully saturated rings. The zero-order chi connectivity index (χ0) is 9.40. The highest BCUT2D eigenvalue weighted by Gasteiger charge is 1.94. The highest BCUT2D eigenvalue weighted by Crippen LogP contribution is 2.16. The number of pyridine rings is 1. The lowest BCUT2D eigenvalue weighted by atomic mass is 10.3. The third kappa shape index (κ3) is 4.72. The fourth-order valence-electron chi connectivity index (χ4n) is 0.528. The average Bonchev–Trinajstić information content (AvgIpc) is 2.07. The van der Waals surface area contributed by atoms with E-state index in [9.17, 15) is 0 Å². The normalized spacial score (nSPS) is 8.58. The number of halogens is 2. The molecule has 0 aliphatic rings. The summed E-state index contributed by atoms with van der Waals surface area (Å²) in [6.45, 7) is 2.04. The lowest BCUT2D eigenvalue weighted by Crippen LogP contribution is -1.78. The Morgan fingerprint density at radius 2 is 2.08 bits per heavy atom. The Kier molecular flexibility index (Phi) is 7.50. The van der Waals surface area contributed by atoms with Crippen LogP contribution in [0.1, 0.15) is 12.5 Å². The first kappa shape index (κ1) is 11.9. The lowest BCUT2D eigenvalue weighted by molar-refractivity contribution is 0.468. The van der Waals surface area contributed by atoms with Gasteiger partial charge in [0.25, 0.3) is 0 Å². The number of rotatable bonds is 1. The van der Waals surface area contributed by atoms with Gasteiger partial charge in [-0.1, -0.05) is 38.8 Å². The lowest BCUT2D eigenvalue weighted by Gasteiger charge is -1.95. The van der Waals surface area contributed by atoms with Gasteiger partial charge in [-0.15, -0.1) is 0 Å². The first-order chi connectivity index (χ1) is 5.76. The molecule has 4 heteroatoms. The molecule has 12 heavy (non-hydrogen) atoms. The van der Waals surface area contributed by atoms with E-state index in [2.05, 4.69) is 36.8 Å². The van der Waals surface area contributed by atoms with Crippen LogP contribution in [-0.4, -0.2) is 15.4 Å². The highest BCUT2D eigenvalue weighted by molar-refractivity contribution is 9.09. The van der Waals surface area contributed by atoms with Crippen LogP contribution in [0.25, 0.3) is 0 Å². The number of aromatic hydroxyl groups is 1. The highest BCUT2D eigenvalue weighted by atomic mass is 79.9. The molecule has 0 aliphatic carbocycles. The van der Waals surface area contributed by atoms with Crippen LogP contribution in [0.2, 0.25) is 0 Å². The fraction of sp³-hybridized carbons (Fsp3) is 0.375. The SMILES string of the molecule is CCBr.Oc1cnccc1CBr. The van der Waals surface area contributed by atoms with Gasteiger partial charge in [0, 0.05) is 22.4 Å². The van der Waals surface area contributed by atoms with Crippen LogP contribution in [0.15, 0.2) is 18.5 Å². The first-order valence-corrected chi connectivity index (χ1v) is 5.74. The third-order valence-corrected chi connectivity index (χ3v) is 1.64. The van der Waals surface area contributed by atoms with Crippen LogP contribution >= 0.6 is 31.9 Å². The van der Waals surface area contributed by atoms with E-state index >= 15 is 0 Å². The summed E-state index contributed by atoms with van der Waals surface area (Å²) in [5.74, 6) is 0.245. The van der Waals surface area contributed by atoms with Gasteiger partial charge in [-0.25, -0.2) is 0 Å². The quantitative estimate of drug-likeness (QED) is 0.808. The smallest absolute Gasteiger partial charge is 0.137 e. The molecule has 0 amide bonds. The Balaban J connectivity index is 0.000000354. The van der Waals surface area contributed by atoms with Crippen molar-refractivity contribution in [2.75, 3.05) is 5.33 Å². The van der Waals surface area contributed by atoms with Gasteiger partial charge in [-0.05, 0) is 6.07 Å². The van der Waals surface area contributed by atoms with E-state index in [1.54, 1.807) is 12.3 Å². The zero-order valence-electron chi connectivity index (χ0n) is 6.80. The Bertz CT molecular complexity index is 218. The number of nitrogens with zero attached hydrogens (tertiary/aromatic N) is 1. The van der Waals surface area contributed by atoms with Crippen molar-refractivity contribution in [3.05, 3.63) is 24.0 Å². The summed E-state index contributed by atoms with van der Waals surface area (Å²) in [5, 5.41) is 10.7. The monoisotopic (exact) mass is 295 g/mol. The molecule has 0 aromatic carbocycles. The molecule has 0 atom stereocenters. The molecule has 1 rings (SSSR count). The molecule has 1 aromatic rings. The van der Waals surface area contributed by atoms with E-state index in [0.29, 0.717) is 5.33 Å². The third-order valence-electron chi connectivity index (χ3n) is 1.03. The van der Waals surface area contributed by atoms with Crippen molar-refractivity contribution in [1.29, 1.82) is 0 Å². The van der Waals surface area contributed by atoms with E-state index in [1.807, 2.05) is 6.92 Å². The molecule has 0 bridgehead atoms. The maximum absolute atomic E-state index is 9.02. The average molecular weight is 297 g/mol. The summed E-state index contributed by atoms with van der Waals surface area (Å²) in [4.78, 5) is 3.72. The van der Waals surface area contributed by atoms with E-state index < -0.39 is 0 Å². The van der Waals surface area contributed by atoms with Crippen LogP contribution in [0, 0.1) is 0 Å². The van der Waals surface area contributed by atoms with Crippen LogP contribution < -0.4 is 0 Å². The van der Waals surface area contributed by atoms with Gasteiger partial charge in [0.05, 0.1) is 6.20 Å². The molecule has 1 aromatic heterocycles. The molecule has 0 unspecified atom stereocenters. The Morgan fingerprint density at radius 3 is 2.42 bits per heavy atom. The van der Waals surface area contributed by atoms with Crippen LogP contribution in [-0.2, 0) is 5.33 Å². The van der Waals surface area contributed by atoms with Gasteiger partial charge in [0.15, 0.2) is 0 Å². The largest absolute Gasteiger partial charge is 0.506 e. The van der Waals surface area contributed by atoms with Crippen molar-refractivity contribution < 1.29 is 5.11 Å².